The fourth-order valence-corrected chi connectivity index (χ4v) is 4.24. The molecule has 2 rings (SSSR count). The first-order chi connectivity index (χ1) is 8.32. The Labute approximate surface area is 112 Å². The van der Waals surface area contributed by atoms with Crippen LogP contribution in [0.1, 0.15) is 0 Å². The molecule has 1 fully saturated rings. The van der Waals surface area contributed by atoms with Crippen molar-refractivity contribution in [3.05, 3.63) is 28.5 Å². The van der Waals surface area contributed by atoms with Gasteiger partial charge in [0.25, 0.3) is 0 Å². The van der Waals surface area contributed by atoms with Crippen LogP contribution in [-0.4, -0.2) is 48.2 Å². The van der Waals surface area contributed by atoms with E-state index in [1.165, 1.54) is 0 Å². The standard InChI is InChI=1S/C10H11BrFNO4S/c11-7-3-6(12)1-2-10(7)18(16,17)13-4-8(14)9(15)5-13/h1-3,8-9,14-15H,4-5H2/t8-,9+. The molecule has 18 heavy (non-hydrogen) atoms. The van der Waals surface area contributed by atoms with E-state index in [4.69, 9.17) is 0 Å². The molecule has 0 unspecified atom stereocenters. The van der Waals surface area contributed by atoms with Crippen LogP contribution in [0.2, 0.25) is 0 Å². The summed E-state index contributed by atoms with van der Waals surface area (Å²) >= 11 is 2.99. The van der Waals surface area contributed by atoms with Crippen LogP contribution < -0.4 is 0 Å². The minimum Gasteiger partial charge on any atom is -0.389 e. The van der Waals surface area contributed by atoms with Gasteiger partial charge in [0.05, 0.1) is 17.1 Å². The number of nitrogens with zero attached hydrogens (tertiary/aromatic N) is 1. The average Bonchev–Trinajstić information content (AvgIpc) is 2.59. The van der Waals surface area contributed by atoms with Crippen molar-refractivity contribution in [2.75, 3.05) is 13.1 Å². The van der Waals surface area contributed by atoms with E-state index in [-0.39, 0.29) is 22.5 Å². The van der Waals surface area contributed by atoms with Crippen molar-refractivity contribution >= 4 is 26.0 Å². The molecule has 1 aliphatic rings. The Morgan fingerprint density at radius 1 is 1.28 bits per heavy atom. The minimum atomic E-state index is -3.85. The smallest absolute Gasteiger partial charge is 0.244 e. The predicted octanol–water partition coefficient (Wildman–Crippen LogP) is 0.314. The highest BCUT2D eigenvalue weighted by Gasteiger charge is 2.38. The quantitative estimate of drug-likeness (QED) is 0.813. The third kappa shape index (κ3) is 2.43. The van der Waals surface area contributed by atoms with Gasteiger partial charge < -0.3 is 10.2 Å². The molecule has 1 saturated heterocycles. The summed E-state index contributed by atoms with van der Waals surface area (Å²) in [5, 5.41) is 18.7. The number of benzene rings is 1. The molecule has 0 radical (unpaired) electrons. The highest BCUT2D eigenvalue weighted by Crippen LogP contribution is 2.28. The van der Waals surface area contributed by atoms with Crippen molar-refractivity contribution in [3.63, 3.8) is 0 Å². The summed E-state index contributed by atoms with van der Waals surface area (Å²) in [4.78, 5) is -0.0924. The topological polar surface area (TPSA) is 77.8 Å². The Morgan fingerprint density at radius 3 is 2.33 bits per heavy atom. The molecule has 1 aromatic carbocycles. The van der Waals surface area contributed by atoms with Gasteiger partial charge in [-0.15, -0.1) is 0 Å². The first-order valence-corrected chi connectivity index (χ1v) is 7.37. The van der Waals surface area contributed by atoms with Crippen LogP contribution in [0, 0.1) is 5.82 Å². The van der Waals surface area contributed by atoms with Crippen LogP contribution in [0.25, 0.3) is 0 Å². The molecule has 2 atom stereocenters. The van der Waals surface area contributed by atoms with Gasteiger partial charge in [0, 0.05) is 17.6 Å². The van der Waals surface area contributed by atoms with Crippen molar-refractivity contribution in [1.82, 2.24) is 4.31 Å². The molecule has 0 aliphatic carbocycles. The van der Waals surface area contributed by atoms with Gasteiger partial charge in [-0.2, -0.15) is 4.31 Å². The lowest BCUT2D eigenvalue weighted by Crippen LogP contribution is -2.30. The number of aliphatic hydroxyl groups excluding tert-OH is 2. The van der Waals surface area contributed by atoms with Crippen LogP contribution in [0.4, 0.5) is 4.39 Å². The maximum Gasteiger partial charge on any atom is 0.244 e. The summed E-state index contributed by atoms with van der Waals surface area (Å²) in [6.07, 6.45) is -2.20. The summed E-state index contributed by atoms with van der Waals surface area (Å²) in [5.41, 5.74) is 0. The fraction of sp³-hybridized carbons (Fsp3) is 0.400. The number of rotatable bonds is 2. The van der Waals surface area contributed by atoms with E-state index in [0.717, 1.165) is 22.5 Å². The van der Waals surface area contributed by atoms with Gasteiger partial charge >= 0.3 is 0 Å². The molecule has 1 aromatic rings. The third-order valence-corrected chi connectivity index (χ3v) is 5.55. The molecule has 0 spiro atoms. The van der Waals surface area contributed by atoms with Crippen molar-refractivity contribution in [3.8, 4) is 0 Å². The number of sulfonamides is 1. The van der Waals surface area contributed by atoms with Crippen LogP contribution in [0.3, 0.4) is 0 Å². The molecule has 0 aromatic heterocycles. The van der Waals surface area contributed by atoms with Crippen LogP contribution in [0.15, 0.2) is 27.6 Å². The highest BCUT2D eigenvalue weighted by molar-refractivity contribution is 9.10. The largest absolute Gasteiger partial charge is 0.389 e. The molecular weight excluding hydrogens is 329 g/mol. The second-order valence-corrected chi connectivity index (χ2v) is 6.79. The van der Waals surface area contributed by atoms with Gasteiger partial charge in [0.1, 0.15) is 5.82 Å². The molecule has 0 saturated carbocycles. The van der Waals surface area contributed by atoms with Crippen LogP contribution in [-0.2, 0) is 10.0 Å². The number of hydrogen-bond acceptors (Lipinski definition) is 4. The highest BCUT2D eigenvalue weighted by atomic mass is 79.9. The third-order valence-electron chi connectivity index (χ3n) is 2.74. The van der Waals surface area contributed by atoms with Crippen molar-refractivity contribution < 1.29 is 23.0 Å². The van der Waals surface area contributed by atoms with Crippen molar-refractivity contribution in [2.45, 2.75) is 17.1 Å². The lowest BCUT2D eigenvalue weighted by Gasteiger charge is -2.16. The van der Waals surface area contributed by atoms with Crippen LogP contribution >= 0.6 is 15.9 Å². The van der Waals surface area contributed by atoms with E-state index in [9.17, 15) is 23.0 Å². The number of hydrogen-bond donors (Lipinski definition) is 2. The van der Waals surface area contributed by atoms with E-state index in [0.29, 0.717) is 0 Å². The number of β-amino-alcohol motifs (C(OH)–C–C–N with tert-alkyl or cyclic N) is 2. The molecular formula is C10H11BrFNO4S. The maximum absolute atomic E-state index is 12.9. The van der Waals surface area contributed by atoms with Crippen LogP contribution in [0.5, 0.6) is 0 Å². The predicted molar refractivity (Wildman–Crippen MR) is 64.9 cm³/mol. The SMILES string of the molecule is O=S(=O)(c1ccc(F)cc1Br)N1C[C@@H](O)[C@@H](O)C1. The Hall–Kier alpha value is -0.540. The molecule has 0 amide bonds. The van der Waals surface area contributed by atoms with E-state index in [2.05, 4.69) is 15.9 Å². The van der Waals surface area contributed by atoms with Gasteiger partial charge in [0.15, 0.2) is 0 Å². The van der Waals surface area contributed by atoms with Gasteiger partial charge in [-0.05, 0) is 34.1 Å². The second kappa shape index (κ2) is 4.86. The van der Waals surface area contributed by atoms with Crippen molar-refractivity contribution in [1.29, 1.82) is 0 Å². The lowest BCUT2D eigenvalue weighted by molar-refractivity contribution is 0.0572. The molecule has 100 valence electrons. The Kier molecular flexibility index (Phi) is 3.75. The summed E-state index contributed by atoms with van der Waals surface area (Å²) in [6.45, 7) is -0.347. The van der Waals surface area contributed by atoms with E-state index in [1.54, 1.807) is 0 Å². The first kappa shape index (κ1) is 13.9. The molecule has 8 heteroatoms. The fourth-order valence-electron chi connectivity index (χ4n) is 1.75. The summed E-state index contributed by atoms with van der Waals surface area (Å²) < 4.78 is 38.4. The van der Waals surface area contributed by atoms with Crippen molar-refractivity contribution in [2.24, 2.45) is 0 Å². The Morgan fingerprint density at radius 2 is 1.83 bits per heavy atom. The Bertz CT molecular complexity index is 555. The van der Waals surface area contributed by atoms with Gasteiger partial charge in [0.2, 0.25) is 10.0 Å². The van der Waals surface area contributed by atoms with Gasteiger partial charge in [-0.3, -0.25) is 0 Å². The van der Waals surface area contributed by atoms with E-state index >= 15 is 0 Å². The normalized spacial score (nSPS) is 25.6. The molecule has 1 aliphatic heterocycles. The van der Waals surface area contributed by atoms with Gasteiger partial charge in [-0.25, -0.2) is 12.8 Å². The van der Waals surface area contributed by atoms with E-state index < -0.39 is 28.0 Å². The zero-order valence-corrected chi connectivity index (χ0v) is 11.5. The molecule has 0 bridgehead atoms. The van der Waals surface area contributed by atoms with E-state index in [1.807, 2.05) is 0 Å². The lowest BCUT2D eigenvalue weighted by atomic mass is 10.3. The molecule has 1 heterocycles. The number of halogens is 2. The first-order valence-electron chi connectivity index (χ1n) is 5.13. The maximum atomic E-state index is 12.9. The minimum absolute atomic E-state index is 0.0924. The summed E-state index contributed by atoms with van der Waals surface area (Å²) in [6, 6.07) is 3.24. The zero-order chi connectivity index (χ0) is 13.5. The molecule has 5 nitrogen and oxygen atoms in total. The summed E-state index contributed by atoms with van der Waals surface area (Å²) in [5.74, 6) is -0.553. The van der Waals surface area contributed by atoms with Gasteiger partial charge in [-0.1, -0.05) is 0 Å². The number of aliphatic hydroxyl groups is 2. The summed E-state index contributed by atoms with van der Waals surface area (Å²) in [7, 11) is -3.85. The Balaban J connectivity index is 2.37. The average molecular weight is 340 g/mol. The molecule has 2 N–H and O–H groups in total. The second-order valence-electron chi connectivity index (χ2n) is 4.03. The monoisotopic (exact) mass is 339 g/mol. The zero-order valence-electron chi connectivity index (χ0n) is 9.12.